The summed E-state index contributed by atoms with van der Waals surface area (Å²) in [5.74, 6) is 0.00603. The second-order valence-corrected chi connectivity index (χ2v) is 7.71. The molecule has 0 bridgehead atoms. The van der Waals surface area contributed by atoms with E-state index >= 15 is 0 Å². The molecular formula is C13H25F3N2O2S. The number of nitrogens with zero attached hydrogens (tertiary/aromatic N) is 1. The van der Waals surface area contributed by atoms with Gasteiger partial charge < -0.3 is 5.32 Å². The predicted molar refractivity (Wildman–Crippen MR) is 76.5 cm³/mol. The summed E-state index contributed by atoms with van der Waals surface area (Å²) in [4.78, 5) is 0. The molecule has 0 aliphatic carbocycles. The molecule has 4 nitrogen and oxygen atoms in total. The minimum atomic E-state index is -4.29. The van der Waals surface area contributed by atoms with Crippen LogP contribution < -0.4 is 5.32 Å². The van der Waals surface area contributed by atoms with Crippen molar-refractivity contribution in [3.63, 3.8) is 0 Å². The molecule has 1 saturated heterocycles. The fourth-order valence-electron chi connectivity index (χ4n) is 2.73. The van der Waals surface area contributed by atoms with Crippen LogP contribution in [0.1, 0.15) is 39.5 Å². The largest absolute Gasteiger partial charge is 0.389 e. The third-order valence-corrected chi connectivity index (χ3v) is 5.94. The number of alkyl halides is 3. The summed E-state index contributed by atoms with van der Waals surface area (Å²) >= 11 is 0. The Morgan fingerprint density at radius 1 is 1.29 bits per heavy atom. The van der Waals surface area contributed by atoms with Crippen molar-refractivity contribution in [3.8, 4) is 0 Å². The molecule has 0 spiro atoms. The first-order valence-electron chi connectivity index (χ1n) is 7.43. The number of nitrogens with one attached hydrogen (secondary N) is 1. The van der Waals surface area contributed by atoms with Crippen LogP contribution in [0.5, 0.6) is 0 Å². The summed E-state index contributed by atoms with van der Waals surface area (Å²) in [7, 11) is -3.55. The van der Waals surface area contributed by atoms with E-state index in [2.05, 4.69) is 12.2 Å². The molecule has 1 aliphatic rings. The third kappa shape index (κ3) is 6.52. The molecule has 8 heteroatoms. The highest BCUT2D eigenvalue weighted by molar-refractivity contribution is 7.89. The van der Waals surface area contributed by atoms with E-state index in [4.69, 9.17) is 0 Å². The van der Waals surface area contributed by atoms with Gasteiger partial charge in [-0.2, -0.15) is 13.2 Å². The molecule has 1 unspecified atom stereocenters. The van der Waals surface area contributed by atoms with Crippen molar-refractivity contribution in [2.45, 2.75) is 51.7 Å². The van der Waals surface area contributed by atoms with E-state index in [9.17, 15) is 21.6 Å². The maximum Gasteiger partial charge on any atom is 0.389 e. The summed E-state index contributed by atoms with van der Waals surface area (Å²) in [6.45, 7) is 5.80. The normalized spacial score (nSPS) is 20.6. The van der Waals surface area contributed by atoms with E-state index in [1.165, 1.54) is 4.31 Å². The molecule has 1 aliphatic heterocycles. The quantitative estimate of drug-likeness (QED) is 0.780. The molecule has 0 aromatic carbocycles. The summed E-state index contributed by atoms with van der Waals surface area (Å²) in [5, 5.41) is 3.33. The van der Waals surface area contributed by atoms with Gasteiger partial charge in [0, 0.05) is 25.6 Å². The highest BCUT2D eigenvalue weighted by Gasteiger charge is 2.32. The molecule has 0 aromatic rings. The van der Waals surface area contributed by atoms with Gasteiger partial charge in [0.1, 0.15) is 0 Å². The van der Waals surface area contributed by atoms with E-state index in [0.29, 0.717) is 25.0 Å². The van der Waals surface area contributed by atoms with Crippen molar-refractivity contribution >= 4 is 10.0 Å². The highest BCUT2D eigenvalue weighted by atomic mass is 32.2. The van der Waals surface area contributed by atoms with E-state index in [1.54, 1.807) is 0 Å². The molecular weight excluding hydrogens is 305 g/mol. The maximum absolute atomic E-state index is 12.1. The molecule has 0 amide bonds. The zero-order valence-corrected chi connectivity index (χ0v) is 13.4. The Morgan fingerprint density at radius 2 is 1.86 bits per heavy atom. The van der Waals surface area contributed by atoms with Gasteiger partial charge in [0.15, 0.2) is 0 Å². The Hall–Kier alpha value is -0.340. The zero-order valence-electron chi connectivity index (χ0n) is 12.6. The molecule has 1 heterocycles. The van der Waals surface area contributed by atoms with E-state index in [-0.39, 0.29) is 6.42 Å². The molecule has 1 atom stereocenters. The molecule has 0 radical (unpaired) electrons. The number of hydrogen-bond donors (Lipinski definition) is 1. The fourth-order valence-corrected chi connectivity index (χ4v) is 4.26. The first-order chi connectivity index (χ1) is 9.65. The second kappa shape index (κ2) is 7.78. The second-order valence-electron chi connectivity index (χ2n) is 5.62. The average Bonchev–Trinajstić information content (AvgIpc) is 2.37. The lowest BCUT2D eigenvalue weighted by atomic mass is 9.91. The van der Waals surface area contributed by atoms with Crippen LogP contribution >= 0.6 is 0 Å². The Balaban J connectivity index is 2.41. The molecule has 1 N–H and O–H groups in total. The molecule has 1 rings (SSSR count). The minimum Gasteiger partial charge on any atom is -0.314 e. The molecule has 126 valence electrons. The monoisotopic (exact) mass is 330 g/mol. The van der Waals surface area contributed by atoms with Crippen LogP contribution in [0, 0.1) is 5.92 Å². The lowest BCUT2D eigenvalue weighted by Crippen LogP contribution is -2.44. The van der Waals surface area contributed by atoms with E-state index in [0.717, 1.165) is 19.4 Å². The van der Waals surface area contributed by atoms with Crippen LogP contribution in [0.2, 0.25) is 0 Å². The smallest absolute Gasteiger partial charge is 0.314 e. The minimum absolute atomic E-state index is 0.338. The summed E-state index contributed by atoms with van der Waals surface area (Å²) in [5.41, 5.74) is 0. The Bertz CT molecular complexity index is 404. The summed E-state index contributed by atoms with van der Waals surface area (Å²) in [6, 6.07) is 0.338. The van der Waals surface area contributed by atoms with Gasteiger partial charge >= 0.3 is 6.18 Å². The standard InChI is InChI=1S/C13H25F3N2O2S/c1-3-17-11(2)12-5-8-18(9-6-12)21(19,20)10-4-7-13(14,15)16/h11-12,17H,3-10H2,1-2H3. The number of hydrogen-bond acceptors (Lipinski definition) is 3. The van der Waals surface area contributed by atoms with Gasteiger partial charge in [0.25, 0.3) is 0 Å². The first kappa shape index (κ1) is 18.7. The number of sulfonamides is 1. The van der Waals surface area contributed by atoms with Crippen LogP contribution in [0.25, 0.3) is 0 Å². The number of halogens is 3. The fraction of sp³-hybridized carbons (Fsp3) is 1.00. The molecule has 1 fully saturated rings. The van der Waals surface area contributed by atoms with Crippen LogP contribution in [-0.2, 0) is 10.0 Å². The lowest BCUT2D eigenvalue weighted by Gasteiger charge is -2.34. The Labute approximate surface area is 125 Å². The topological polar surface area (TPSA) is 49.4 Å². The Kier molecular flexibility index (Phi) is 6.93. The van der Waals surface area contributed by atoms with Crippen LogP contribution in [0.4, 0.5) is 13.2 Å². The van der Waals surface area contributed by atoms with Gasteiger partial charge in [0.05, 0.1) is 5.75 Å². The van der Waals surface area contributed by atoms with Crippen LogP contribution in [0.3, 0.4) is 0 Å². The maximum atomic E-state index is 12.1. The van der Waals surface area contributed by atoms with Crippen molar-refractivity contribution in [2.75, 3.05) is 25.4 Å². The lowest BCUT2D eigenvalue weighted by molar-refractivity contribution is -0.134. The predicted octanol–water partition coefficient (Wildman–Crippen LogP) is 2.37. The summed E-state index contributed by atoms with van der Waals surface area (Å²) < 4.78 is 61.6. The van der Waals surface area contributed by atoms with Crippen LogP contribution in [0.15, 0.2) is 0 Å². The molecule has 21 heavy (non-hydrogen) atoms. The van der Waals surface area contributed by atoms with E-state index in [1.807, 2.05) is 6.92 Å². The number of rotatable bonds is 7. The Morgan fingerprint density at radius 3 is 2.33 bits per heavy atom. The van der Waals surface area contributed by atoms with Crippen molar-refractivity contribution in [1.82, 2.24) is 9.62 Å². The van der Waals surface area contributed by atoms with Gasteiger partial charge in [-0.05, 0) is 38.6 Å². The van der Waals surface area contributed by atoms with E-state index < -0.39 is 28.4 Å². The zero-order chi connectivity index (χ0) is 16.1. The SMILES string of the molecule is CCNC(C)C1CCN(S(=O)(=O)CCCC(F)(F)F)CC1. The van der Waals surface area contributed by atoms with Crippen molar-refractivity contribution < 1.29 is 21.6 Å². The van der Waals surface area contributed by atoms with Crippen molar-refractivity contribution in [1.29, 1.82) is 0 Å². The van der Waals surface area contributed by atoms with Gasteiger partial charge in [-0.1, -0.05) is 6.92 Å². The van der Waals surface area contributed by atoms with Gasteiger partial charge in [-0.15, -0.1) is 0 Å². The highest BCUT2D eigenvalue weighted by Crippen LogP contribution is 2.25. The van der Waals surface area contributed by atoms with Gasteiger partial charge in [-0.25, -0.2) is 12.7 Å². The summed E-state index contributed by atoms with van der Waals surface area (Å²) in [6.07, 6.45) is -4.18. The molecule has 0 aromatic heterocycles. The van der Waals surface area contributed by atoms with Crippen molar-refractivity contribution in [3.05, 3.63) is 0 Å². The third-order valence-electron chi connectivity index (χ3n) is 3.99. The first-order valence-corrected chi connectivity index (χ1v) is 9.04. The van der Waals surface area contributed by atoms with Gasteiger partial charge in [-0.3, -0.25) is 0 Å². The average molecular weight is 330 g/mol. The van der Waals surface area contributed by atoms with Crippen LogP contribution in [-0.4, -0.2) is 50.3 Å². The van der Waals surface area contributed by atoms with Crippen molar-refractivity contribution in [2.24, 2.45) is 5.92 Å². The number of piperidine rings is 1. The van der Waals surface area contributed by atoms with Gasteiger partial charge in [0.2, 0.25) is 10.0 Å². The molecule has 0 saturated carbocycles.